The molecule has 0 aliphatic carbocycles. The van der Waals surface area contributed by atoms with Crippen molar-refractivity contribution >= 4 is 32.9 Å². The van der Waals surface area contributed by atoms with Gasteiger partial charge in [0.1, 0.15) is 5.52 Å². The van der Waals surface area contributed by atoms with Gasteiger partial charge in [0.15, 0.2) is 5.58 Å². The lowest BCUT2D eigenvalue weighted by Crippen LogP contribution is -1.95. The number of para-hydroxylation sites is 3. The van der Waals surface area contributed by atoms with E-state index in [1.165, 1.54) is 10.8 Å². The summed E-state index contributed by atoms with van der Waals surface area (Å²) in [6.45, 7) is 0. The van der Waals surface area contributed by atoms with E-state index in [4.69, 9.17) is 14.4 Å². The molecule has 0 saturated carbocycles. The molecule has 4 aromatic heterocycles. The Kier molecular flexibility index (Phi) is 5.07. The van der Waals surface area contributed by atoms with Crippen LogP contribution in [-0.4, -0.2) is 19.5 Å². The summed E-state index contributed by atoms with van der Waals surface area (Å²) >= 11 is 0. The van der Waals surface area contributed by atoms with Crippen LogP contribution in [0.25, 0.3) is 72.6 Å². The molecule has 40 heavy (non-hydrogen) atoms. The molecule has 8 rings (SSSR count). The van der Waals surface area contributed by atoms with Crippen LogP contribution in [0.2, 0.25) is 0 Å². The number of rotatable bonds is 4. The Hall–Kier alpha value is -5.55. The van der Waals surface area contributed by atoms with Gasteiger partial charge in [-0.05, 0) is 66.7 Å². The normalized spacial score (nSPS) is 11.5. The SMILES string of the molecule is c1cncc(-c2cccc(-c3cccc(-n4c5ccccc5c5ccc(-c6nc7ccccc7o6)cc54)c3)n2)c1. The highest BCUT2D eigenvalue weighted by molar-refractivity contribution is 6.10. The zero-order valence-corrected chi connectivity index (χ0v) is 21.4. The van der Waals surface area contributed by atoms with E-state index < -0.39 is 0 Å². The Morgan fingerprint density at radius 2 is 1.35 bits per heavy atom. The van der Waals surface area contributed by atoms with Gasteiger partial charge in [0.2, 0.25) is 5.89 Å². The van der Waals surface area contributed by atoms with Gasteiger partial charge in [0, 0.05) is 45.5 Å². The predicted molar refractivity (Wildman–Crippen MR) is 160 cm³/mol. The fourth-order valence-corrected chi connectivity index (χ4v) is 5.45. The lowest BCUT2D eigenvalue weighted by atomic mass is 10.1. The minimum absolute atomic E-state index is 0.616. The molecule has 0 unspecified atom stereocenters. The molecular weight excluding hydrogens is 492 g/mol. The standard InChI is InChI=1S/C35H22N4O/c1-3-15-32-27(11-1)28-18-17-24(35-38-31-12-2-4-16-34(31)40-35)21-33(28)39(32)26-10-5-8-23(20-26)29-13-6-14-30(37-29)25-9-7-19-36-22-25/h1-22H. The van der Waals surface area contributed by atoms with E-state index >= 15 is 0 Å². The van der Waals surface area contributed by atoms with Crippen molar-refractivity contribution < 1.29 is 4.42 Å². The number of pyridine rings is 2. The minimum Gasteiger partial charge on any atom is -0.436 e. The molecule has 0 bridgehead atoms. The van der Waals surface area contributed by atoms with Gasteiger partial charge in [-0.25, -0.2) is 9.97 Å². The van der Waals surface area contributed by atoms with E-state index in [0.29, 0.717) is 5.89 Å². The van der Waals surface area contributed by atoms with Gasteiger partial charge >= 0.3 is 0 Å². The first kappa shape index (κ1) is 22.4. The number of hydrogen-bond donors (Lipinski definition) is 0. The van der Waals surface area contributed by atoms with Gasteiger partial charge in [-0.1, -0.05) is 54.6 Å². The highest BCUT2D eigenvalue weighted by Crippen LogP contribution is 2.36. The topological polar surface area (TPSA) is 56.7 Å². The summed E-state index contributed by atoms with van der Waals surface area (Å²) in [4.78, 5) is 14.0. The van der Waals surface area contributed by atoms with Crippen LogP contribution in [0.15, 0.2) is 138 Å². The number of aromatic nitrogens is 4. The monoisotopic (exact) mass is 514 g/mol. The number of nitrogens with zero attached hydrogens (tertiary/aromatic N) is 4. The molecule has 0 radical (unpaired) electrons. The van der Waals surface area contributed by atoms with Crippen molar-refractivity contribution in [2.75, 3.05) is 0 Å². The minimum atomic E-state index is 0.616. The third-order valence-corrected chi connectivity index (χ3v) is 7.32. The molecule has 0 saturated heterocycles. The predicted octanol–water partition coefficient (Wildman–Crippen LogP) is 8.72. The highest BCUT2D eigenvalue weighted by atomic mass is 16.3. The Morgan fingerprint density at radius 3 is 2.25 bits per heavy atom. The average Bonchev–Trinajstić information content (AvgIpc) is 3.61. The second kappa shape index (κ2) is 9.03. The second-order valence-corrected chi connectivity index (χ2v) is 9.77. The molecule has 5 heteroatoms. The van der Waals surface area contributed by atoms with Gasteiger partial charge in [-0.15, -0.1) is 0 Å². The number of hydrogen-bond acceptors (Lipinski definition) is 4. The maximum absolute atomic E-state index is 6.11. The zero-order chi connectivity index (χ0) is 26.5. The van der Waals surface area contributed by atoms with Gasteiger partial charge in [-0.3, -0.25) is 4.98 Å². The van der Waals surface area contributed by atoms with Crippen molar-refractivity contribution in [2.24, 2.45) is 0 Å². The van der Waals surface area contributed by atoms with E-state index in [1.807, 2.05) is 54.7 Å². The van der Waals surface area contributed by atoms with E-state index in [9.17, 15) is 0 Å². The summed E-state index contributed by atoms with van der Waals surface area (Å²) in [6.07, 6.45) is 3.62. The fraction of sp³-hybridized carbons (Fsp3) is 0. The first-order valence-corrected chi connectivity index (χ1v) is 13.2. The molecule has 8 aromatic rings. The molecule has 0 atom stereocenters. The third-order valence-electron chi connectivity index (χ3n) is 7.32. The molecule has 0 aliphatic heterocycles. The summed E-state index contributed by atoms with van der Waals surface area (Å²) in [5, 5.41) is 2.38. The molecule has 188 valence electrons. The van der Waals surface area contributed by atoms with Crippen molar-refractivity contribution in [3.05, 3.63) is 134 Å². The summed E-state index contributed by atoms with van der Waals surface area (Å²) in [6, 6.07) is 41.4. The van der Waals surface area contributed by atoms with E-state index in [1.54, 1.807) is 6.20 Å². The Bertz CT molecular complexity index is 2140. The molecule has 5 nitrogen and oxygen atoms in total. The number of benzene rings is 4. The summed E-state index contributed by atoms with van der Waals surface area (Å²) in [5.41, 5.74) is 9.72. The van der Waals surface area contributed by atoms with Crippen molar-refractivity contribution in [3.8, 4) is 39.7 Å². The maximum Gasteiger partial charge on any atom is 0.227 e. The van der Waals surface area contributed by atoms with Crippen molar-refractivity contribution in [1.82, 2.24) is 19.5 Å². The lowest BCUT2D eigenvalue weighted by Gasteiger charge is -2.11. The highest BCUT2D eigenvalue weighted by Gasteiger charge is 2.16. The van der Waals surface area contributed by atoms with Crippen LogP contribution in [0, 0.1) is 0 Å². The van der Waals surface area contributed by atoms with Gasteiger partial charge < -0.3 is 8.98 Å². The van der Waals surface area contributed by atoms with E-state index in [2.05, 4.69) is 82.3 Å². The first-order valence-electron chi connectivity index (χ1n) is 13.2. The van der Waals surface area contributed by atoms with Crippen molar-refractivity contribution in [3.63, 3.8) is 0 Å². The molecule has 0 aliphatic rings. The zero-order valence-electron chi connectivity index (χ0n) is 21.4. The summed E-state index contributed by atoms with van der Waals surface area (Å²) in [7, 11) is 0. The first-order chi connectivity index (χ1) is 19.8. The van der Waals surface area contributed by atoms with Gasteiger partial charge in [-0.2, -0.15) is 0 Å². The number of fused-ring (bicyclic) bond motifs is 4. The van der Waals surface area contributed by atoms with Crippen LogP contribution in [0.3, 0.4) is 0 Å². The van der Waals surface area contributed by atoms with Crippen LogP contribution < -0.4 is 0 Å². The summed E-state index contributed by atoms with van der Waals surface area (Å²) < 4.78 is 8.42. The van der Waals surface area contributed by atoms with Gasteiger partial charge in [0.25, 0.3) is 0 Å². The van der Waals surface area contributed by atoms with E-state index in [0.717, 1.165) is 55.9 Å². The van der Waals surface area contributed by atoms with Crippen LogP contribution in [0.4, 0.5) is 0 Å². The quantitative estimate of drug-likeness (QED) is 0.236. The van der Waals surface area contributed by atoms with Crippen LogP contribution >= 0.6 is 0 Å². The fourth-order valence-electron chi connectivity index (χ4n) is 5.45. The van der Waals surface area contributed by atoms with E-state index in [-0.39, 0.29) is 0 Å². The molecule has 0 fully saturated rings. The molecule has 0 spiro atoms. The summed E-state index contributed by atoms with van der Waals surface area (Å²) in [5.74, 6) is 0.616. The second-order valence-electron chi connectivity index (χ2n) is 9.77. The Balaban J connectivity index is 1.30. The lowest BCUT2D eigenvalue weighted by molar-refractivity contribution is 0.620. The Labute approximate surface area is 230 Å². The van der Waals surface area contributed by atoms with Crippen LogP contribution in [0.5, 0.6) is 0 Å². The van der Waals surface area contributed by atoms with Crippen molar-refractivity contribution in [2.45, 2.75) is 0 Å². The largest absolute Gasteiger partial charge is 0.436 e. The van der Waals surface area contributed by atoms with Gasteiger partial charge in [0.05, 0.1) is 22.4 Å². The van der Waals surface area contributed by atoms with Crippen LogP contribution in [0.1, 0.15) is 0 Å². The van der Waals surface area contributed by atoms with Crippen molar-refractivity contribution in [1.29, 1.82) is 0 Å². The molecule has 4 aromatic carbocycles. The Morgan fingerprint density at radius 1 is 0.550 bits per heavy atom. The smallest absolute Gasteiger partial charge is 0.227 e. The molecular formula is C35H22N4O. The maximum atomic E-state index is 6.11. The molecule has 4 heterocycles. The molecule has 0 N–H and O–H groups in total. The van der Waals surface area contributed by atoms with Crippen LogP contribution in [-0.2, 0) is 0 Å². The number of oxazole rings is 1. The molecule has 0 amide bonds. The average molecular weight is 515 g/mol. The third kappa shape index (κ3) is 3.68.